The molecule has 0 saturated heterocycles. The van der Waals surface area contributed by atoms with Crippen molar-refractivity contribution in [2.45, 2.75) is 6.54 Å². The topological polar surface area (TPSA) is 37.8 Å². The van der Waals surface area contributed by atoms with E-state index in [1.165, 1.54) is 0 Å². The Hall–Kier alpha value is -1.38. The van der Waals surface area contributed by atoms with Crippen LogP contribution in [-0.4, -0.2) is 9.97 Å². The van der Waals surface area contributed by atoms with Crippen molar-refractivity contribution >= 4 is 6.08 Å². The zero-order chi connectivity index (χ0) is 6.81. The summed E-state index contributed by atoms with van der Waals surface area (Å²) in [6.07, 6.45) is 7.24. The average molecular weight is 133 g/mol. The number of aromatic nitrogens is 2. The monoisotopic (exact) mass is 133 g/mol. The lowest BCUT2D eigenvalue weighted by Gasteiger charge is -2.08. The molecule has 0 aliphatic carbocycles. The van der Waals surface area contributed by atoms with E-state index < -0.39 is 0 Å². The van der Waals surface area contributed by atoms with Crippen LogP contribution in [0.5, 0.6) is 0 Å². The Morgan fingerprint density at radius 3 is 3.40 bits per heavy atom. The first-order valence-corrected chi connectivity index (χ1v) is 3.15. The Balaban J connectivity index is 2.54. The van der Waals surface area contributed by atoms with Crippen LogP contribution in [0.15, 0.2) is 18.7 Å². The van der Waals surface area contributed by atoms with Crippen LogP contribution in [0, 0.1) is 0 Å². The highest BCUT2D eigenvalue weighted by atomic mass is 14.9. The second kappa shape index (κ2) is 2.10. The molecular weight excluding hydrogens is 126 g/mol. The zero-order valence-electron chi connectivity index (χ0n) is 5.41. The Bertz CT molecular complexity index is 267. The van der Waals surface area contributed by atoms with Gasteiger partial charge in [-0.1, -0.05) is 0 Å². The summed E-state index contributed by atoms with van der Waals surface area (Å²) in [6.45, 7) is 0.840. The van der Waals surface area contributed by atoms with Crippen LogP contribution in [0.1, 0.15) is 11.3 Å². The summed E-state index contributed by atoms with van der Waals surface area (Å²) < 4.78 is 0. The fourth-order valence-corrected chi connectivity index (χ4v) is 0.961. The molecule has 0 fully saturated rings. The van der Waals surface area contributed by atoms with Crippen LogP contribution in [0.2, 0.25) is 0 Å². The molecule has 2 heterocycles. The molecule has 3 heteroatoms. The second-order valence-electron chi connectivity index (χ2n) is 2.15. The predicted octanol–water partition coefficient (Wildman–Crippen LogP) is 0.550. The number of hydrogen-bond donors (Lipinski definition) is 1. The van der Waals surface area contributed by atoms with Crippen LogP contribution >= 0.6 is 0 Å². The minimum atomic E-state index is 0.840. The summed E-state index contributed by atoms with van der Waals surface area (Å²) >= 11 is 0. The van der Waals surface area contributed by atoms with Gasteiger partial charge in [0.1, 0.15) is 6.33 Å². The van der Waals surface area contributed by atoms with Gasteiger partial charge in [0.25, 0.3) is 0 Å². The molecule has 1 aromatic rings. The summed E-state index contributed by atoms with van der Waals surface area (Å²) in [6, 6.07) is 0. The van der Waals surface area contributed by atoms with Crippen LogP contribution in [0.4, 0.5) is 0 Å². The fourth-order valence-electron chi connectivity index (χ4n) is 0.961. The normalized spacial score (nSPS) is 14.0. The van der Waals surface area contributed by atoms with Gasteiger partial charge in [-0.2, -0.15) is 0 Å². The lowest BCUT2D eigenvalue weighted by Crippen LogP contribution is -2.11. The van der Waals surface area contributed by atoms with Gasteiger partial charge in [0, 0.05) is 18.3 Å². The molecule has 0 amide bonds. The molecule has 2 rings (SSSR count). The lowest BCUT2D eigenvalue weighted by molar-refractivity contribution is 0.837. The third-order valence-corrected chi connectivity index (χ3v) is 1.47. The van der Waals surface area contributed by atoms with Crippen molar-refractivity contribution in [1.82, 2.24) is 15.3 Å². The van der Waals surface area contributed by atoms with Gasteiger partial charge in [0.2, 0.25) is 0 Å². The highest BCUT2D eigenvalue weighted by Crippen LogP contribution is 2.08. The maximum Gasteiger partial charge on any atom is 0.116 e. The van der Waals surface area contributed by atoms with Gasteiger partial charge in [-0.15, -0.1) is 0 Å². The molecule has 10 heavy (non-hydrogen) atoms. The van der Waals surface area contributed by atoms with Crippen LogP contribution < -0.4 is 5.32 Å². The van der Waals surface area contributed by atoms with Crippen molar-refractivity contribution in [2.24, 2.45) is 0 Å². The van der Waals surface area contributed by atoms with Crippen molar-refractivity contribution in [3.8, 4) is 0 Å². The molecule has 50 valence electrons. The summed E-state index contributed by atoms with van der Waals surface area (Å²) in [7, 11) is 0. The molecule has 0 aromatic carbocycles. The van der Waals surface area contributed by atoms with E-state index in [0.29, 0.717) is 0 Å². The van der Waals surface area contributed by atoms with Gasteiger partial charge in [0.05, 0.1) is 5.69 Å². The van der Waals surface area contributed by atoms with E-state index in [1.807, 2.05) is 18.5 Å². The summed E-state index contributed by atoms with van der Waals surface area (Å²) in [5.74, 6) is 0. The first-order valence-electron chi connectivity index (χ1n) is 3.15. The summed E-state index contributed by atoms with van der Waals surface area (Å²) in [5, 5.41) is 3.08. The molecular formula is C7H7N3. The van der Waals surface area contributed by atoms with E-state index in [4.69, 9.17) is 0 Å². The number of fused-ring (bicyclic) bond motifs is 1. The zero-order valence-corrected chi connectivity index (χ0v) is 5.41. The van der Waals surface area contributed by atoms with Crippen molar-refractivity contribution in [3.63, 3.8) is 0 Å². The third kappa shape index (κ3) is 0.757. The van der Waals surface area contributed by atoms with E-state index in [9.17, 15) is 0 Å². The van der Waals surface area contributed by atoms with E-state index in [-0.39, 0.29) is 0 Å². The van der Waals surface area contributed by atoms with Gasteiger partial charge in [-0.05, 0) is 12.3 Å². The minimum Gasteiger partial charge on any atom is -0.387 e. The molecule has 0 unspecified atom stereocenters. The van der Waals surface area contributed by atoms with Gasteiger partial charge < -0.3 is 5.32 Å². The number of hydrogen-bond acceptors (Lipinski definition) is 3. The summed E-state index contributed by atoms with van der Waals surface area (Å²) in [5.41, 5.74) is 2.18. The molecule has 0 radical (unpaired) electrons. The van der Waals surface area contributed by atoms with Crippen molar-refractivity contribution < 1.29 is 0 Å². The molecule has 3 nitrogen and oxygen atoms in total. The maximum absolute atomic E-state index is 4.08. The Morgan fingerprint density at radius 2 is 2.50 bits per heavy atom. The van der Waals surface area contributed by atoms with Gasteiger partial charge in [-0.25, -0.2) is 9.97 Å². The number of rotatable bonds is 0. The first kappa shape index (κ1) is 5.41. The third-order valence-electron chi connectivity index (χ3n) is 1.47. The average Bonchev–Trinajstić information content (AvgIpc) is 2.05. The standard InChI is InChI=1S/C7H7N3/c1-2-8-3-6-4-9-5-10-7(1)6/h1-2,4-5,8H,3H2. The SMILES string of the molecule is C1=Cc2ncncc2CN1. The van der Waals surface area contributed by atoms with E-state index in [1.54, 1.807) is 6.33 Å². The molecule has 1 N–H and O–H groups in total. The first-order chi connectivity index (χ1) is 4.97. The molecule has 0 saturated carbocycles. The predicted molar refractivity (Wildman–Crippen MR) is 37.9 cm³/mol. The fraction of sp³-hybridized carbons (Fsp3) is 0.143. The molecule has 1 aliphatic rings. The molecule has 0 atom stereocenters. The second-order valence-corrected chi connectivity index (χ2v) is 2.15. The Morgan fingerprint density at radius 1 is 1.50 bits per heavy atom. The smallest absolute Gasteiger partial charge is 0.116 e. The van der Waals surface area contributed by atoms with E-state index in [2.05, 4.69) is 15.3 Å². The van der Waals surface area contributed by atoms with Gasteiger partial charge in [-0.3, -0.25) is 0 Å². The molecule has 1 aromatic heterocycles. The largest absolute Gasteiger partial charge is 0.387 e. The quantitative estimate of drug-likeness (QED) is 0.561. The number of nitrogens with zero attached hydrogens (tertiary/aromatic N) is 2. The Kier molecular flexibility index (Phi) is 1.13. The van der Waals surface area contributed by atoms with Crippen molar-refractivity contribution in [1.29, 1.82) is 0 Å². The van der Waals surface area contributed by atoms with Crippen LogP contribution in [-0.2, 0) is 6.54 Å². The highest BCUT2D eigenvalue weighted by Gasteiger charge is 2.02. The number of nitrogens with one attached hydrogen (secondary N) is 1. The molecule has 0 spiro atoms. The van der Waals surface area contributed by atoms with E-state index >= 15 is 0 Å². The minimum absolute atomic E-state index is 0.840. The van der Waals surface area contributed by atoms with Crippen LogP contribution in [0.25, 0.3) is 6.08 Å². The Labute approximate surface area is 58.8 Å². The van der Waals surface area contributed by atoms with Crippen LogP contribution in [0.3, 0.4) is 0 Å². The van der Waals surface area contributed by atoms with Gasteiger partial charge >= 0.3 is 0 Å². The lowest BCUT2D eigenvalue weighted by atomic mass is 10.2. The molecule has 0 bridgehead atoms. The molecule has 1 aliphatic heterocycles. The van der Waals surface area contributed by atoms with E-state index in [0.717, 1.165) is 17.8 Å². The van der Waals surface area contributed by atoms with Gasteiger partial charge in [0.15, 0.2) is 0 Å². The summed E-state index contributed by atoms with van der Waals surface area (Å²) in [4.78, 5) is 7.99. The van der Waals surface area contributed by atoms with Crippen molar-refractivity contribution in [3.05, 3.63) is 30.0 Å². The maximum atomic E-state index is 4.08. The van der Waals surface area contributed by atoms with Crippen molar-refractivity contribution in [2.75, 3.05) is 0 Å². The highest BCUT2D eigenvalue weighted by molar-refractivity contribution is 5.49.